The fraction of sp³-hybridized carbons (Fsp3) is 0.0769. The van der Waals surface area contributed by atoms with Gasteiger partial charge in [-0.25, -0.2) is 18.6 Å². The summed E-state index contributed by atoms with van der Waals surface area (Å²) in [6.07, 6.45) is 1.57. The molecule has 0 spiro atoms. The minimum atomic E-state index is -1.24. The Kier molecular flexibility index (Phi) is 2.28. The molecule has 0 aliphatic heterocycles. The SMILES string of the molecule is Cc1c[nH]c2c1c(C(=O)O)nc1cc(F)cc(F)c12. The van der Waals surface area contributed by atoms with Crippen molar-refractivity contribution in [1.29, 1.82) is 0 Å². The second-order valence-corrected chi connectivity index (χ2v) is 4.27. The van der Waals surface area contributed by atoms with Gasteiger partial charge in [-0.15, -0.1) is 0 Å². The largest absolute Gasteiger partial charge is 0.476 e. The van der Waals surface area contributed by atoms with Crippen molar-refractivity contribution in [2.24, 2.45) is 0 Å². The fourth-order valence-electron chi connectivity index (χ4n) is 2.25. The monoisotopic (exact) mass is 262 g/mol. The van der Waals surface area contributed by atoms with Crippen LogP contribution in [0.5, 0.6) is 0 Å². The lowest BCUT2D eigenvalue weighted by atomic mass is 10.1. The van der Waals surface area contributed by atoms with Crippen molar-refractivity contribution < 1.29 is 18.7 Å². The minimum absolute atomic E-state index is 0.0238. The van der Waals surface area contributed by atoms with Gasteiger partial charge in [-0.1, -0.05) is 0 Å². The third kappa shape index (κ3) is 1.56. The van der Waals surface area contributed by atoms with Gasteiger partial charge in [0.2, 0.25) is 0 Å². The molecule has 4 nitrogen and oxygen atoms in total. The number of pyridine rings is 1. The Morgan fingerprint density at radius 1 is 1.32 bits per heavy atom. The number of aromatic nitrogens is 2. The Bertz CT molecular complexity index is 840. The van der Waals surface area contributed by atoms with Crippen molar-refractivity contribution in [3.63, 3.8) is 0 Å². The molecular weight excluding hydrogens is 254 g/mol. The number of hydrogen-bond donors (Lipinski definition) is 2. The van der Waals surface area contributed by atoms with Crippen molar-refractivity contribution in [2.45, 2.75) is 6.92 Å². The van der Waals surface area contributed by atoms with Gasteiger partial charge in [0.15, 0.2) is 5.69 Å². The third-order valence-corrected chi connectivity index (χ3v) is 3.03. The van der Waals surface area contributed by atoms with Gasteiger partial charge in [0.05, 0.1) is 16.4 Å². The van der Waals surface area contributed by atoms with Crippen molar-refractivity contribution in [3.05, 3.63) is 41.2 Å². The van der Waals surface area contributed by atoms with Crippen molar-refractivity contribution in [1.82, 2.24) is 9.97 Å². The van der Waals surface area contributed by atoms with E-state index in [4.69, 9.17) is 5.11 Å². The normalized spacial score (nSPS) is 11.3. The number of H-pyrrole nitrogens is 1. The van der Waals surface area contributed by atoms with E-state index >= 15 is 0 Å². The number of carbonyl (C=O) groups is 1. The molecule has 6 heteroatoms. The number of rotatable bonds is 1. The molecule has 0 aliphatic carbocycles. The summed E-state index contributed by atoms with van der Waals surface area (Å²) in [5, 5.41) is 9.59. The molecule has 0 aliphatic rings. The van der Waals surface area contributed by atoms with E-state index in [9.17, 15) is 13.6 Å². The van der Waals surface area contributed by atoms with Crippen LogP contribution in [-0.4, -0.2) is 21.0 Å². The number of carboxylic acid groups (broad SMARTS) is 1. The van der Waals surface area contributed by atoms with Crippen LogP contribution < -0.4 is 0 Å². The fourth-order valence-corrected chi connectivity index (χ4v) is 2.25. The lowest BCUT2D eigenvalue weighted by molar-refractivity contribution is 0.0693. The van der Waals surface area contributed by atoms with E-state index in [1.54, 1.807) is 13.1 Å². The molecule has 19 heavy (non-hydrogen) atoms. The summed E-state index contributed by atoms with van der Waals surface area (Å²) in [6, 6.07) is 1.76. The highest BCUT2D eigenvalue weighted by atomic mass is 19.1. The number of halogens is 2. The number of carboxylic acids is 1. The third-order valence-electron chi connectivity index (χ3n) is 3.03. The second-order valence-electron chi connectivity index (χ2n) is 4.27. The van der Waals surface area contributed by atoms with Gasteiger partial charge in [0.1, 0.15) is 11.6 Å². The Hall–Kier alpha value is -2.50. The number of nitrogens with zero attached hydrogens (tertiary/aromatic N) is 1. The molecule has 0 saturated heterocycles. The van der Waals surface area contributed by atoms with Gasteiger partial charge in [0.25, 0.3) is 0 Å². The molecule has 0 saturated carbocycles. The molecular formula is C13H8F2N2O2. The van der Waals surface area contributed by atoms with Gasteiger partial charge in [-0.05, 0) is 12.5 Å². The molecule has 3 aromatic rings. The van der Waals surface area contributed by atoms with Crippen molar-refractivity contribution in [2.75, 3.05) is 0 Å². The van der Waals surface area contributed by atoms with Crippen LogP contribution in [0, 0.1) is 18.6 Å². The van der Waals surface area contributed by atoms with Crippen LogP contribution in [0.1, 0.15) is 16.1 Å². The van der Waals surface area contributed by atoms with Crippen LogP contribution in [0.4, 0.5) is 8.78 Å². The standard InChI is InChI=1S/C13H8F2N2O2/c1-5-4-16-11-9(5)12(13(18)19)17-8-3-6(14)2-7(15)10(8)11/h2-4,16H,1H3,(H,18,19). The number of benzene rings is 1. The predicted octanol–water partition coefficient (Wildman–Crippen LogP) is 3.00. The van der Waals surface area contributed by atoms with Gasteiger partial charge < -0.3 is 10.1 Å². The van der Waals surface area contributed by atoms with Gasteiger partial charge in [-0.2, -0.15) is 0 Å². The first-order chi connectivity index (χ1) is 8.99. The summed E-state index contributed by atoms with van der Waals surface area (Å²) < 4.78 is 27.1. The van der Waals surface area contributed by atoms with Crippen LogP contribution in [0.3, 0.4) is 0 Å². The van der Waals surface area contributed by atoms with Gasteiger partial charge in [-0.3, -0.25) is 0 Å². The summed E-state index contributed by atoms with van der Waals surface area (Å²) in [5.41, 5.74) is 0.721. The van der Waals surface area contributed by atoms with E-state index < -0.39 is 17.6 Å². The summed E-state index contributed by atoms with van der Waals surface area (Å²) in [6.45, 7) is 1.69. The van der Waals surface area contributed by atoms with Crippen molar-refractivity contribution >= 4 is 27.8 Å². The molecule has 0 bridgehead atoms. The molecule has 96 valence electrons. The zero-order chi connectivity index (χ0) is 13.7. The van der Waals surface area contributed by atoms with E-state index in [-0.39, 0.29) is 16.6 Å². The molecule has 0 amide bonds. The van der Waals surface area contributed by atoms with Crippen LogP contribution in [0.15, 0.2) is 18.3 Å². The first-order valence-corrected chi connectivity index (χ1v) is 5.48. The highest BCUT2D eigenvalue weighted by molar-refractivity contribution is 6.12. The average Bonchev–Trinajstić information content (AvgIpc) is 2.69. The van der Waals surface area contributed by atoms with E-state index in [0.29, 0.717) is 16.5 Å². The number of hydrogen-bond acceptors (Lipinski definition) is 2. The summed E-state index contributed by atoms with van der Waals surface area (Å²) in [7, 11) is 0. The molecule has 0 atom stereocenters. The zero-order valence-corrected chi connectivity index (χ0v) is 9.79. The first kappa shape index (κ1) is 11.6. The van der Waals surface area contributed by atoms with E-state index in [1.807, 2.05) is 0 Å². The molecule has 2 aromatic heterocycles. The topological polar surface area (TPSA) is 66.0 Å². The van der Waals surface area contributed by atoms with E-state index in [1.165, 1.54) is 0 Å². The molecule has 0 unspecified atom stereocenters. The van der Waals surface area contributed by atoms with E-state index in [0.717, 1.165) is 12.1 Å². The van der Waals surface area contributed by atoms with E-state index in [2.05, 4.69) is 9.97 Å². The summed E-state index contributed by atoms with van der Waals surface area (Å²) in [5.74, 6) is -2.80. The van der Waals surface area contributed by atoms with Crippen LogP contribution in [-0.2, 0) is 0 Å². The lowest BCUT2D eigenvalue weighted by Gasteiger charge is -2.05. The Balaban J connectivity index is 2.62. The maximum Gasteiger partial charge on any atom is 0.355 e. The highest BCUT2D eigenvalue weighted by Crippen LogP contribution is 2.30. The van der Waals surface area contributed by atoms with Crippen LogP contribution in [0.25, 0.3) is 21.8 Å². The molecule has 2 heterocycles. The quantitative estimate of drug-likeness (QED) is 0.708. The number of aromatic amines is 1. The van der Waals surface area contributed by atoms with Crippen LogP contribution in [0.2, 0.25) is 0 Å². The maximum absolute atomic E-state index is 13.9. The minimum Gasteiger partial charge on any atom is -0.476 e. The van der Waals surface area contributed by atoms with Crippen LogP contribution >= 0.6 is 0 Å². The predicted molar refractivity (Wildman–Crippen MR) is 65.2 cm³/mol. The second kappa shape index (κ2) is 3.74. The molecule has 2 N–H and O–H groups in total. The Morgan fingerprint density at radius 2 is 2.05 bits per heavy atom. The van der Waals surface area contributed by atoms with Crippen molar-refractivity contribution in [3.8, 4) is 0 Å². The number of aromatic carboxylic acids is 1. The van der Waals surface area contributed by atoms with Gasteiger partial charge in [0, 0.05) is 23.7 Å². The number of fused-ring (bicyclic) bond motifs is 3. The molecule has 1 aromatic carbocycles. The zero-order valence-electron chi connectivity index (χ0n) is 9.79. The summed E-state index contributed by atoms with van der Waals surface area (Å²) in [4.78, 5) is 17.9. The smallest absolute Gasteiger partial charge is 0.355 e. The number of nitrogens with one attached hydrogen (secondary N) is 1. The Morgan fingerprint density at radius 3 is 2.74 bits per heavy atom. The van der Waals surface area contributed by atoms with Gasteiger partial charge >= 0.3 is 5.97 Å². The lowest BCUT2D eigenvalue weighted by Crippen LogP contribution is -2.03. The average molecular weight is 262 g/mol. The summed E-state index contributed by atoms with van der Waals surface area (Å²) >= 11 is 0. The first-order valence-electron chi connectivity index (χ1n) is 5.48. The molecule has 3 rings (SSSR count). The Labute approximate surface area is 105 Å². The highest BCUT2D eigenvalue weighted by Gasteiger charge is 2.19. The maximum atomic E-state index is 13.9. The molecule has 0 radical (unpaired) electrons. The molecule has 0 fully saturated rings. The number of aryl methyl sites for hydroxylation is 1.